The van der Waals surface area contributed by atoms with Crippen LogP contribution in [0.4, 0.5) is 0 Å². The number of rotatable bonds is 2. The lowest BCUT2D eigenvalue weighted by Crippen LogP contribution is -2.57. The van der Waals surface area contributed by atoms with Crippen molar-refractivity contribution < 1.29 is 9.14 Å². The van der Waals surface area contributed by atoms with Crippen LogP contribution in [-0.2, 0) is 4.65 Å². The van der Waals surface area contributed by atoms with Crippen molar-refractivity contribution in [2.45, 2.75) is 34.5 Å². The molecule has 1 N–H and O–H groups in total. The summed E-state index contributed by atoms with van der Waals surface area (Å²) in [6.07, 6.45) is 2.25. The Morgan fingerprint density at radius 1 is 1.07 bits per heavy atom. The van der Waals surface area contributed by atoms with E-state index in [1.54, 1.807) is 0 Å². The third kappa shape index (κ3) is 2.00. The number of allylic oxidation sites excluding steroid dienone is 2. The summed E-state index contributed by atoms with van der Waals surface area (Å²) in [4.78, 5) is 0. The molecule has 0 amide bonds. The molecule has 7 heteroatoms. The van der Waals surface area contributed by atoms with Crippen LogP contribution in [0.3, 0.4) is 0 Å². The van der Waals surface area contributed by atoms with Gasteiger partial charge in [0.2, 0.25) is 0 Å². The Balaban J connectivity index is 1.94. The molecule has 5 rings (SSSR count). The van der Waals surface area contributed by atoms with E-state index < -0.39 is 6.62 Å². The lowest BCUT2D eigenvalue weighted by Gasteiger charge is -2.41. The van der Waals surface area contributed by atoms with Crippen molar-refractivity contribution in [1.82, 2.24) is 19.9 Å². The Hall–Kier alpha value is -2.93. The van der Waals surface area contributed by atoms with E-state index in [0.29, 0.717) is 0 Å². The number of nitrogens with zero attached hydrogens (tertiary/aromatic N) is 4. The summed E-state index contributed by atoms with van der Waals surface area (Å²) in [5.41, 5.74) is 11.5. The number of nitrogens with one attached hydrogen (secondary N) is 1. The molecular formula is C21H24BN5O. The summed E-state index contributed by atoms with van der Waals surface area (Å²) >= 11 is 0. The lowest BCUT2D eigenvalue weighted by molar-refractivity contribution is -0.357. The van der Waals surface area contributed by atoms with Gasteiger partial charge in [-0.05, 0) is 62.9 Å². The maximum atomic E-state index is 6.21. The van der Waals surface area contributed by atoms with Gasteiger partial charge in [0, 0.05) is 24.3 Å². The fraction of sp³-hybridized carbons (Fsp3) is 0.286. The Labute approximate surface area is 164 Å². The van der Waals surface area contributed by atoms with Crippen LogP contribution in [0.1, 0.15) is 36.4 Å². The Bertz CT molecular complexity index is 1260. The van der Waals surface area contributed by atoms with Gasteiger partial charge in [-0.2, -0.15) is 15.4 Å². The van der Waals surface area contributed by atoms with Crippen LogP contribution in [0, 0.1) is 13.8 Å². The summed E-state index contributed by atoms with van der Waals surface area (Å²) in [6, 6.07) is 8.54. The molecule has 6 nitrogen and oxygen atoms in total. The molecule has 0 radical (unpaired) electrons. The molecule has 2 aliphatic heterocycles. The SMILES string of the molecule is CO[B-]1(C)n2c(C)cc(C)c2C(c2ccc3n[nH]nc3c2)=C2C(C)=CC(C)=[N+]21. The van der Waals surface area contributed by atoms with E-state index in [9.17, 15) is 0 Å². The average Bonchev–Trinajstić information content (AvgIpc) is 3.32. The first-order valence-electron chi connectivity index (χ1n) is 9.67. The highest BCUT2D eigenvalue weighted by Gasteiger charge is 2.49. The molecule has 142 valence electrons. The van der Waals surface area contributed by atoms with Gasteiger partial charge in [-0.15, -0.1) is 0 Å². The molecule has 0 saturated carbocycles. The second kappa shape index (κ2) is 5.55. The minimum absolute atomic E-state index is 0.871. The molecule has 1 aromatic carbocycles. The summed E-state index contributed by atoms with van der Waals surface area (Å²) < 4.78 is 11.0. The van der Waals surface area contributed by atoms with E-state index in [4.69, 9.17) is 4.65 Å². The second-order valence-corrected chi connectivity index (χ2v) is 8.09. The normalized spacial score (nSPS) is 21.4. The minimum Gasteiger partial charge on any atom is -0.514 e. The predicted molar refractivity (Wildman–Crippen MR) is 113 cm³/mol. The molecule has 28 heavy (non-hydrogen) atoms. The fourth-order valence-electron chi connectivity index (χ4n) is 5.21. The zero-order valence-corrected chi connectivity index (χ0v) is 17.2. The van der Waals surface area contributed by atoms with Crippen LogP contribution in [-0.4, -0.2) is 43.8 Å². The first-order valence-corrected chi connectivity index (χ1v) is 9.67. The molecule has 3 aromatic rings. The van der Waals surface area contributed by atoms with Gasteiger partial charge in [0.15, 0.2) is 5.70 Å². The number of aryl methyl sites for hydroxylation is 2. The van der Waals surface area contributed by atoms with Gasteiger partial charge in [-0.25, -0.2) is 0 Å². The maximum Gasteiger partial charge on any atom is 0.512 e. The Kier molecular flexibility index (Phi) is 3.41. The van der Waals surface area contributed by atoms with Crippen molar-refractivity contribution in [3.8, 4) is 0 Å². The molecule has 0 spiro atoms. The highest BCUT2D eigenvalue weighted by Crippen LogP contribution is 2.43. The molecular weight excluding hydrogens is 349 g/mol. The van der Waals surface area contributed by atoms with Gasteiger partial charge in [0.25, 0.3) is 0 Å². The first kappa shape index (κ1) is 17.2. The first-order chi connectivity index (χ1) is 13.4. The highest BCUT2D eigenvalue weighted by molar-refractivity contribution is 6.65. The van der Waals surface area contributed by atoms with Gasteiger partial charge in [-0.3, -0.25) is 0 Å². The number of aromatic nitrogens is 4. The molecule has 2 aliphatic rings. The number of fused-ring (bicyclic) bond motifs is 3. The molecule has 0 aliphatic carbocycles. The third-order valence-electron chi connectivity index (χ3n) is 6.32. The van der Waals surface area contributed by atoms with Gasteiger partial charge < -0.3 is 13.6 Å². The zero-order valence-electron chi connectivity index (χ0n) is 17.2. The molecule has 0 fully saturated rings. The van der Waals surface area contributed by atoms with E-state index in [-0.39, 0.29) is 0 Å². The summed E-state index contributed by atoms with van der Waals surface area (Å²) in [7, 11) is 1.81. The van der Waals surface area contributed by atoms with Gasteiger partial charge in [-0.1, -0.05) is 12.9 Å². The van der Waals surface area contributed by atoms with Gasteiger partial charge in [0.05, 0.1) is 5.57 Å². The standard InChI is InChI=1S/C21H24BN5O/c1-12-9-14(3)26-20(12)19(16-7-8-17-18(11-16)24-25-23-17)21-13(2)10-15(4)27(21)22(26,5)28-6/h7-11H,1-6H3,(H,23,24,25). The van der Waals surface area contributed by atoms with E-state index >= 15 is 0 Å². The van der Waals surface area contributed by atoms with Crippen LogP contribution >= 0.6 is 0 Å². The smallest absolute Gasteiger partial charge is 0.512 e. The number of H-pyrrole nitrogens is 1. The number of hydrogen-bond donors (Lipinski definition) is 1. The van der Waals surface area contributed by atoms with Crippen molar-refractivity contribution in [1.29, 1.82) is 0 Å². The van der Waals surface area contributed by atoms with Crippen molar-refractivity contribution in [2.75, 3.05) is 7.11 Å². The Morgan fingerprint density at radius 3 is 2.57 bits per heavy atom. The molecule has 0 saturated heterocycles. The van der Waals surface area contributed by atoms with Crippen LogP contribution in [0.5, 0.6) is 0 Å². The summed E-state index contributed by atoms with van der Waals surface area (Å²) in [5, 5.41) is 11.2. The largest absolute Gasteiger partial charge is 0.514 e. The molecule has 1 atom stereocenters. The number of hydrogen-bond acceptors (Lipinski definition) is 3. The fourth-order valence-corrected chi connectivity index (χ4v) is 5.21. The van der Waals surface area contributed by atoms with E-state index in [1.165, 1.54) is 39.5 Å². The van der Waals surface area contributed by atoms with Crippen LogP contribution in [0.2, 0.25) is 6.82 Å². The van der Waals surface area contributed by atoms with E-state index in [2.05, 4.69) is 83.2 Å². The monoisotopic (exact) mass is 373 g/mol. The highest BCUT2D eigenvalue weighted by atomic mass is 16.5. The lowest BCUT2D eigenvalue weighted by atomic mass is 9.63. The summed E-state index contributed by atoms with van der Waals surface area (Å²) in [5.74, 6) is 0. The summed E-state index contributed by atoms with van der Waals surface area (Å²) in [6.45, 7) is 9.44. The van der Waals surface area contributed by atoms with Gasteiger partial charge in [0.1, 0.15) is 16.7 Å². The van der Waals surface area contributed by atoms with E-state index in [1.807, 2.05) is 13.2 Å². The van der Waals surface area contributed by atoms with Crippen molar-refractivity contribution in [2.24, 2.45) is 0 Å². The van der Waals surface area contributed by atoms with Crippen molar-refractivity contribution in [3.05, 3.63) is 64.1 Å². The minimum atomic E-state index is -1.44. The molecule has 0 bridgehead atoms. The molecule has 1 unspecified atom stereocenters. The number of benzene rings is 1. The predicted octanol–water partition coefficient (Wildman–Crippen LogP) is 3.65. The zero-order chi connectivity index (χ0) is 19.8. The number of aromatic amines is 1. The molecule has 2 aromatic heterocycles. The maximum absolute atomic E-state index is 6.21. The topological polar surface area (TPSA) is 58.7 Å². The third-order valence-corrected chi connectivity index (χ3v) is 6.32. The second-order valence-electron chi connectivity index (χ2n) is 8.09. The van der Waals surface area contributed by atoms with Crippen molar-refractivity contribution >= 4 is 28.9 Å². The van der Waals surface area contributed by atoms with Crippen LogP contribution in [0.15, 0.2) is 41.6 Å². The average molecular weight is 373 g/mol. The quantitative estimate of drug-likeness (QED) is 0.698. The van der Waals surface area contributed by atoms with E-state index in [0.717, 1.165) is 16.6 Å². The van der Waals surface area contributed by atoms with Crippen molar-refractivity contribution in [3.63, 3.8) is 0 Å². The van der Waals surface area contributed by atoms with Crippen LogP contribution < -0.4 is 0 Å². The molecule has 4 heterocycles. The Morgan fingerprint density at radius 2 is 1.82 bits per heavy atom. The van der Waals surface area contributed by atoms with Gasteiger partial charge >= 0.3 is 6.62 Å². The van der Waals surface area contributed by atoms with Crippen LogP contribution in [0.25, 0.3) is 16.6 Å².